The van der Waals surface area contributed by atoms with Gasteiger partial charge >= 0.3 is 0 Å². The molecule has 0 N–H and O–H groups in total. The Bertz CT molecular complexity index is 1540. The maximum Gasteiger partial charge on any atom is 0.239 e. The molecule has 1 aliphatic heterocycles. The minimum Gasteiger partial charge on any atom is -0.373 e. The zero-order valence-electron chi connectivity index (χ0n) is 24.8. The molecular formula is C31H35Cl3FN3O5S. The highest BCUT2D eigenvalue weighted by Gasteiger charge is 2.32. The van der Waals surface area contributed by atoms with E-state index < -0.39 is 32.0 Å². The Balaban J connectivity index is 1.70. The monoisotopic (exact) mass is 685 g/mol. The molecule has 0 amide bonds. The average Bonchev–Trinajstić information content (AvgIpc) is 2.97. The second-order valence-electron chi connectivity index (χ2n) is 10.8. The van der Waals surface area contributed by atoms with Crippen molar-refractivity contribution in [1.82, 2.24) is 9.97 Å². The number of ether oxygens (including phenoxy) is 3. The van der Waals surface area contributed by atoms with E-state index in [1.54, 1.807) is 12.1 Å². The Morgan fingerprint density at radius 1 is 1.07 bits per heavy atom. The van der Waals surface area contributed by atoms with Crippen LogP contribution in [-0.4, -0.2) is 60.6 Å². The molecular weight excluding hydrogens is 652 g/mol. The van der Waals surface area contributed by atoms with E-state index >= 15 is 0 Å². The highest BCUT2D eigenvalue weighted by atomic mass is 35.6. The molecule has 1 aliphatic rings. The van der Waals surface area contributed by atoms with Crippen LogP contribution in [0.25, 0.3) is 17.3 Å². The quantitative estimate of drug-likeness (QED) is 0.196. The molecule has 0 aliphatic carbocycles. The predicted molar refractivity (Wildman–Crippen MR) is 173 cm³/mol. The van der Waals surface area contributed by atoms with Crippen LogP contribution >= 0.6 is 34.8 Å². The molecule has 2 aromatic carbocycles. The van der Waals surface area contributed by atoms with Crippen LogP contribution < -0.4 is 4.31 Å². The lowest BCUT2D eigenvalue weighted by molar-refractivity contribution is -0.211. The highest BCUT2D eigenvalue weighted by Crippen LogP contribution is 2.34. The maximum atomic E-state index is 13.8. The second kappa shape index (κ2) is 14.9. The van der Waals surface area contributed by atoms with Gasteiger partial charge in [-0.25, -0.2) is 27.1 Å². The van der Waals surface area contributed by atoms with Crippen molar-refractivity contribution < 1.29 is 27.0 Å². The first kappa shape index (κ1) is 34.6. The lowest BCUT2D eigenvalue weighted by Crippen LogP contribution is -2.38. The van der Waals surface area contributed by atoms with Crippen molar-refractivity contribution in [3.63, 3.8) is 0 Å². The summed E-state index contributed by atoms with van der Waals surface area (Å²) >= 11 is 17.8. The van der Waals surface area contributed by atoms with Gasteiger partial charge in [-0.15, -0.1) is 0 Å². The first-order valence-corrected chi connectivity index (χ1v) is 17.0. The van der Waals surface area contributed by atoms with Gasteiger partial charge in [-0.3, -0.25) is 0 Å². The second-order valence-corrected chi connectivity index (χ2v) is 15.4. The normalized spacial score (nSPS) is 19.5. The first-order valence-electron chi connectivity index (χ1n) is 14.0. The number of nitrogens with zero attached hydrogens (tertiary/aromatic N) is 3. The highest BCUT2D eigenvalue weighted by molar-refractivity contribution is 7.92. The molecule has 2 unspecified atom stereocenters. The van der Waals surface area contributed by atoms with Gasteiger partial charge in [0.15, 0.2) is 6.29 Å². The summed E-state index contributed by atoms with van der Waals surface area (Å²) in [4.78, 5) is 9.25. The molecule has 0 saturated carbocycles. The Labute approximate surface area is 273 Å². The molecule has 0 radical (unpaired) electrons. The topological polar surface area (TPSA) is 90.9 Å². The number of hydrogen-bond acceptors (Lipinski definition) is 7. The predicted octanol–water partition coefficient (Wildman–Crippen LogP) is 7.29. The van der Waals surface area contributed by atoms with Gasteiger partial charge in [-0.1, -0.05) is 91.1 Å². The smallest absolute Gasteiger partial charge is 0.239 e. The SMILES string of the molecule is CC(C)c1nc(N(C)S(C)(=O)=O)nc(-c2ccc(F)cc2)c1/C=C/[C@@H]1CC(OCc2ccccc2)CC(OCC(Cl)(Cl)Cl)O1. The summed E-state index contributed by atoms with van der Waals surface area (Å²) in [5.74, 6) is -0.509. The third-order valence-corrected chi connectivity index (χ3v) is 8.41. The van der Waals surface area contributed by atoms with Crippen LogP contribution in [0.5, 0.6) is 0 Å². The number of rotatable bonds is 11. The zero-order chi connectivity index (χ0) is 32.1. The third-order valence-electron chi connectivity index (χ3n) is 6.92. The van der Waals surface area contributed by atoms with Gasteiger partial charge in [0.25, 0.3) is 0 Å². The molecule has 0 bridgehead atoms. The molecule has 238 valence electrons. The van der Waals surface area contributed by atoms with Crippen molar-refractivity contribution in [2.24, 2.45) is 0 Å². The average molecular weight is 687 g/mol. The summed E-state index contributed by atoms with van der Waals surface area (Å²) in [6.45, 7) is 4.14. The molecule has 1 aromatic heterocycles. The lowest BCUT2D eigenvalue weighted by Gasteiger charge is -2.34. The van der Waals surface area contributed by atoms with Crippen LogP contribution in [0.3, 0.4) is 0 Å². The summed E-state index contributed by atoms with van der Waals surface area (Å²) in [5.41, 5.74) is 3.33. The molecule has 1 fully saturated rings. The molecule has 44 heavy (non-hydrogen) atoms. The van der Waals surface area contributed by atoms with Crippen molar-refractivity contribution in [2.75, 3.05) is 24.2 Å². The van der Waals surface area contributed by atoms with Gasteiger partial charge in [0.2, 0.25) is 19.8 Å². The summed E-state index contributed by atoms with van der Waals surface area (Å²) in [6, 6.07) is 15.7. The zero-order valence-corrected chi connectivity index (χ0v) is 27.9. The number of halogens is 4. The van der Waals surface area contributed by atoms with Crippen molar-refractivity contribution in [3.8, 4) is 11.3 Å². The van der Waals surface area contributed by atoms with Gasteiger partial charge in [-0.05, 0) is 35.7 Å². The fourth-order valence-corrected chi connectivity index (χ4v) is 5.19. The van der Waals surface area contributed by atoms with Gasteiger partial charge in [0, 0.05) is 31.0 Å². The number of anilines is 1. The lowest BCUT2D eigenvalue weighted by atomic mass is 9.96. The Morgan fingerprint density at radius 3 is 2.36 bits per heavy atom. The van der Waals surface area contributed by atoms with E-state index in [-0.39, 0.29) is 24.6 Å². The maximum absolute atomic E-state index is 13.8. The molecule has 8 nitrogen and oxygen atoms in total. The fourth-order valence-electron chi connectivity index (χ4n) is 4.62. The molecule has 13 heteroatoms. The number of aromatic nitrogens is 2. The number of hydrogen-bond donors (Lipinski definition) is 0. The van der Waals surface area contributed by atoms with Crippen LogP contribution in [0.4, 0.5) is 10.3 Å². The first-order chi connectivity index (χ1) is 20.7. The van der Waals surface area contributed by atoms with Crippen molar-refractivity contribution in [1.29, 1.82) is 0 Å². The fraction of sp³-hybridized carbons (Fsp3) is 0.419. The van der Waals surface area contributed by atoms with E-state index in [0.717, 1.165) is 16.1 Å². The molecule has 0 spiro atoms. The van der Waals surface area contributed by atoms with E-state index in [4.69, 9.17) is 49.0 Å². The van der Waals surface area contributed by atoms with Crippen molar-refractivity contribution >= 4 is 56.9 Å². The van der Waals surface area contributed by atoms with E-state index in [1.807, 2.05) is 56.3 Å². The molecule has 4 rings (SSSR count). The van der Waals surface area contributed by atoms with Gasteiger partial charge in [0.05, 0.1) is 43.1 Å². The Kier molecular flexibility index (Phi) is 11.7. The standard InChI is InChI=1S/C31H35Cl3FN3O5S/c1-20(2)28-26(29(22-10-12-23(35)13-11-22)37-30(36-28)38(3)44(4,39)40)15-14-24-16-25(41-18-21-8-6-5-7-9-21)17-27(43-24)42-19-31(32,33)34/h5-15,20,24-25,27H,16-19H2,1-4H3/b15-14+/t24-,25?,27?/m1/s1. The van der Waals surface area contributed by atoms with Crippen LogP contribution in [0.1, 0.15) is 49.4 Å². The summed E-state index contributed by atoms with van der Waals surface area (Å²) in [5, 5.41) is 0. The molecule has 2 heterocycles. The Hall–Kier alpha value is -2.31. The molecule has 1 saturated heterocycles. The number of benzene rings is 2. The third kappa shape index (κ3) is 9.84. The minimum absolute atomic E-state index is 0.0103. The van der Waals surface area contributed by atoms with E-state index in [0.29, 0.717) is 42.0 Å². The Morgan fingerprint density at radius 2 is 1.75 bits per heavy atom. The summed E-state index contributed by atoms with van der Waals surface area (Å²) in [6.07, 6.45) is 4.37. The largest absolute Gasteiger partial charge is 0.373 e. The number of alkyl halides is 3. The van der Waals surface area contributed by atoms with E-state index in [1.165, 1.54) is 19.2 Å². The van der Waals surface area contributed by atoms with Crippen molar-refractivity contribution in [3.05, 3.63) is 83.3 Å². The molecule has 3 aromatic rings. The van der Waals surface area contributed by atoms with Gasteiger partial charge in [0.1, 0.15) is 5.82 Å². The minimum atomic E-state index is -3.65. The molecule has 3 atom stereocenters. The summed E-state index contributed by atoms with van der Waals surface area (Å²) < 4.78 is 56.2. The van der Waals surface area contributed by atoms with Crippen LogP contribution in [-0.2, 0) is 30.8 Å². The summed E-state index contributed by atoms with van der Waals surface area (Å²) in [7, 11) is -2.26. The van der Waals surface area contributed by atoms with E-state index in [2.05, 4.69) is 9.97 Å². The van der Waals surface area contributed by atoms with Gasteiger partial charge < -0.3 is 14.2 Å². The van der Waals surface area contributed by atoms with Crippen LogP contribution in [0.15, 0.2) is 60.7 Å². The van der Waals surface area contributed by atoms with E-state index in [9.17, 15) is 12.8 Å². The van der Waals surface area contributed by atoms with Crippen molar-refractivity contribution in [2.45, 2.75) is 61.5 Å². The van der Waals surface area contributed by atoms with Crippen LogP contribution in [0, 0.1) is 5.82 Å². The van der Waals surface area contributed by atoms with Crippen LogP contribution in [0.2, 0.25) is 0 Å². The van der Waals surface area contributed by atoms with Gasteiger partial charge in [-0.2, -0.15) is 0 Å². The number of sulfonamides is 1.